The van der Waals surface area contributed by atoms with Gasteiger partial charge in [-0.2, -0.15) is 0 Å². The number of hydrogen-bond acceptors (Lipinski definition) is 1. The van der Waals surface area contributed by atoms with Gasteiger partial charge in [-0.15, -0.1) is 0 Å². The van der Waals surface area contributed by atoms with Crippen molar-refractivity contribution < 1.29 is 0 Å². The topological polar surface area (TPSA) is 12.0 Å². The van der Waals surface area contributed by atoms with Crippen molar-refractivity contribution in [1.82, 2.24) is 5.32 Å². The van der Waals surface area contributed by atoms with Gasteiger partial charge in [-0.25, -0.2) is 0 Å². The molecule has 0 saturated carbocycles. The van der Waals surface area contributed by atoms with Crippen molar-refractivity contribution in [2.75, 3.05) is 0 Å². The highest BCUT2D eigenvalue weighted by atomic mass is 14.9. The average molecular weight is 255 g/mol. The molecule has 1 heteroatoms. The molecule has 0 saturated heterocycles. The number of allylic oxidation sites excluding steroid dienone is 2. The largest absolute Gasteiger partial charge is 0.309 e. The van der Waals surface area contributed by atoms with E-state index in [1.54, 1.807) is 0 Å². The highest BCUT2D eigenvalue weighted by Crippen LogP contribution is 2.27. The van der Waals surface area contributed by atoms with Gasteiger partial charge in [0.2, 0.25) is 0 Å². The minimum atomic E-state index is 0.524. The van der Waals surface area contributed by atoms with Gasteiger partial charge in [0, 0.05) is 12.6 Å². The van der Waals surface area contributed by atoms with E-state index < -0.39 is 0 Å². The smallest absolute Gasteiger partial charge is 0.0208 e. The Labute approximate surface area is 117 Å². The molecule has 2 rings (SSSR count). The molecule has 1 aromatic carbocycles. The van der Waals surface area contributed by atoms with Crippen LogP contribution in [-0.4, -0.2) is 6.04 Å². The lowest BCUT2D eigenvalue weighted by Gasteiger charge is -2.12. The van der Waals surface area contributed by atoms with Crippen LogP contribution in [-0.2, 0) is 6.54 Å². The van der Waals surface area contributed by atoms with Crippen molar-refractivity contribution >= 4 is 0 Å². The quantitative estimate of drug-likeness (QED) is 0.808. The molecular formula is C18H25N. The summed E-state index contributed by atoms with van der Waals surface area (Å²) in [5.41, 5.74) is 4.01. The molecule has 1 aliphatic carbocycles. The fourth-order valence-electron chi connectivity index (χ4n) is 2.30. The minimum absolute atomic E-state index is 0.524. The van der Waals surface area contributed by atoms with Gasteiger partial charge in [-0.1, -0.05) is 69.5 Å². The van der Waals surface area contributed by atoms with Gasteiger partial charge in [0.15, 0.2) is 0 Å². The molecule has 0 atom stereocenters. The Bertz CT molecular complexity index is 408. The van der Waals surface area contributed by atoms with Crippen LogP contribution in [0.3, 0.4) is 0 Å². The minimum Gasteiger partial charge on any atom is -0.309 e. The molecule has 19 heavy (non-hydrogen) atoms. The fraction of sp³-hybridized carbons (Fsp3) is 0.333. The number of nitrogens with one attached hydrogen (secondary N) is 1. The van der Waals surface area contributed by atoms with E-state index in [-0.39, 0.29) is 0 Å². The summed E-state index contributed by atoms with van der Waals surface area (Å²) in [6, 6.07) is 11.0. The second-order valence-corrected chi connectivity index (χ2v) is 4.43. The van der Waals surface area contributed by atoms with Crippen LogP contribution in [0.2, 0.25) is 0 Å². The highest BCUT2D eigenvalue weighted by Gasteiger charge is 2.19. The van der Waals surface area contributed by atoms with Crippen molar-refractivity contribution in [3.8, 4) is 0 Å². The predicted molar refractivity (Wildman–Crippen MR) is 85.1 cm³/mol. The predicted octanol–water partition coefficient (Wildman–Crippen LogP) is 4.63. The molecule has 1 aliphatic rings. The summed E-state index contributed by atoms with van der Waals surface area (Å²) in [4.78, 5) is 0. The first-order chi connectivity index (χ1) is 9.33. The summed E-state index contributed by atoms with van der Waals surface area (Å²) in [6.07, 6.45) is 6.05. The Morgan fingerprint density at radius 2 is 1.58 bits per heavy atom. The third kappa shape index (κ3) is 4.53. The molecule has 1 nitrogen and oxygen atoms in total. The maximum Gasteiger partial charge on any atom is 0.0208 e. The molecular weight excluding hydrogens is 230 g/mol. The third-order valence-corrected chi connectivity index (χ3v) is 3.28. The normalized spacial score (nSPS) is 14.8. The van der Waals surface area contributed by atoms with Crippen LogP contribution in [0.25, 0.3) is 0 Å². The van der Waals surface area contributed by atoms with Gasteiger partial charge in [0.25, 0.3) is 0 Å². The van der Waals surface area contributed by atoms with E-state index in [1.807, 2.05) is 32.1 Å². The molecule has 0 heterocycles. The van der Waals surface area contributed by atoms with E-state index in [0.717, 1.165) is 19.4 Å². The van der Waals surface area contributed by atoms with Crippen molar-refractivity contribution in [2.24, 2.45) is 0 Å². The molecule has 1 aromatic rings. The number of benzene rings is 1. The average Bonchev–Trinajstić information content (AvgIpc) is 2.91. The lowest BCUT2D eigenvalue weighted by atomic mass is 10.1. The summed E-state index contributed by atoms with van der Waals surface area (Å²) in [5, 5.41) is 3.59. The van der Waals surface area contributed by atoms with Crippen LogP contribution < -0.4 is 5.32 Å². The lowest BCUT2D eigenvalue weighted by molar-refractivity contribution is 0.532. The molecule has 0 aliphatic heterocycles. The molecule has 0 spiro atoms. The Hall–Kier alpha value is -1.60. The van der Waals surface area contributed by atoms with Crippen LogP contribution in [0, 0.1) is 0 Å². The van der Waals surface area contributed by atoms with E-state index in [1.165, 1.54) is 16.7 Å². The van der Waals surface area contributed by atoms with Crippen molar-refractivity contribution in [2.45, 2.75) is 39.3 Å². The van der Waals surface area contributed by atoms with E-state index in [0.29, 0.717) is 6.04 Å². The maximum atomic E-state index is 3.86. The SMILES string of the molecule is C=CC1=C(C=C)CC(NCc2ccccc2)C1.CC. The van der Waals surface area contributed by atoms with Crippen LogP contribution in [0.5, 0.6) is 0 Å². The summed E-state index contributed by atoms with van der Waals surface area (Å²) < 4.78 is 0. The summed E-state index contributed by atoms with van der Waals surface area (Å²) in [7, 11) is 0. The van der Waals surface area contributed by atoms with Crippen LogP contribution in [0.1, 0.15) is 32.3 Å². The lowest BCUT2D eigenvalue weighted by Crippen LogP contribution is -2.26. The Morgan fingerprint density at radius 1 is 1.05 bits per heavy atom. The van der Waals surface area contributed by atoms with E-state index in [2.05, 4.69) is 42.7 Å². The number of hydrogen-bond donors (Lipinski definition) is 1. The van der Waals surface area contributed by atoms with Gasteiger partial charge in [-0.3, -0.25) is 0 Å². The van der Waals surface area contributed by atoms with Crippen molar-refractivity contribution in [1.29, 1.82) is 0 Å². The summed E-state index contributed by atoms with van der Waals surface area (Å²) in [5.74, 6) is 0. The second kappa shape index (κ2) is 8.49. The monoisotopic (exact) mass is 255 g/mol. The molecule has 0 bridgehead atoms. The summed E-state index contributed by atoms with van der Waals surface area (Å²) in [6.45, 7) is 12.7. The number of rotatable bonds is 5. The molecule has 102 valence electrons. The second-order valence-electron chi connectivity index (χ2n) is 4.43. The molecule has 0 aromatic heterocycles. The van der Waals surface area contributed by atoms with Crippen LogP contribution in [0.4, 0.5) is 0 Å². The van der Waals surface area contributed by atoms with Gasteiger partial charge < -0.3 is 5.32 Å². The molecule has 0 unspecified atom stereocenters. The van der Waals surface area contributed by atoms with E-state index >= 15 is 0 Å². The maximum absolute atomic E-state index is 3.86. The van der Waals surface area contributed by atoms with E-state index in [9.17, 15) is 0 Å². The summed E-state index contributed by atoms with van der Waals surface area (Å²) >= 11 is 0. The first-order valence-corrected chi connectivity index (χ1v) is 7.07. The first kappa shape index (κ1) is 15.5. The van der Waals surface area contributed by atoms with E-state index in [4.69, 9.17) is 0 Å². The van der Waals surface area contributed by atoms with Crippen LogP contribution >= 0.6 is 0 Å². The zero-order valence-electron chi connectivity index (χ0n) is 12.2. The third-order valence-electron chi connectivity index (χ3n) is 3.28. The van der Waals surface area contributed by atoms with Crippen molar-refractivity contribution in [3.05, 3.63) is 72.4 Å². The standard InChI is InChI=1S/C16H19N.C2H6/c1-3-14-10-16(11-15(14)4-2)17-12-13-8-6-5-7-9-13;1-2/h3-9,16-17H,1-2,10-12H2;1-2H3. The Morgan fingerprint density at radius 3 is 2.05 bits per heavy atom. The van der Waals surface area contributed by atoms with Gasteiger partial charge in [0.1, 0.15) is 0 Å². The fourth-order valence-corrected chi connectivity index (χ4v) is 2.30. The zero-order chi connectivity index (χ0) is 14.1. The Kier molecular flexibility index (Phi) is 6.91. The molecule has 0 fully saturated rings. The molecule has 0 amide bonds. The van der Waals surface area contributed by atoms with Crippen LogP contribution in [0.15, 0.2) is 66.8 Å². The van der Waals surface area contributed by atoms with Gasteiger partial charge in [-0.05, 0) is 29.6 Å². The molecule has 1 N–H and O–H groups in total. The Balaban J connectivity index is 0.000000861. The van der Waals surface area contributed by atoms with Crippen molar-refractivity contribution in [3.63, 3.8) is 0 Å². The first-order valence-electron chi connectivity index (χ1n) is 7.07. The van der Waals surface area contributed by atoms with Gasteiger partial charge >= 0.3 is 0 Å². The highest BCUT2D eigenvalue weighted by molar-refractivity contribution is 5.37. The molecule has 0 radical (unpaired) electrons. The zero-order valence-corrected chi connectivity index (χ0v) is 12.2. The van der Waals surface area contributed by atoms with Gasteiger partial charge in [0.05, 0.1) is 0 Å².